The number of ether oxygens (including phenoxy) is 1. The third kappa shape index (κ3) is 14.8. The Balaban J connectivity index is 0.000000224. The topological polar surface area (TPSA) is 158 Å². The number of amides is 4. The van der Waals surface area contributed by atoms with E-state index in [1.807, 2.05) is 84.6 Å². The van der Waals surface area contributed by atoms with Crippen LogP contribution in [0, 0.1) is 37.7 Å². The minimum Gasteiger partial charge on any atom is -0.493 e. The van der Waals surface area contributed by atoms with Gasteiger partial charge in [-0.05, 0) is 112 Å². The van der Waals surface area contributed by atoms with Crippen molar-refractivity contribution in [2.75, 3.05) is 57.8 Å². The Morgan fingerprint density at radius 2 is 1.57 bits per heavy atom. The Morgan fingerprint density at radius 3 is 2.24 bits per heavy atom. The number of carbonyl (C=O) groups excluding carboxylic acids is 4. The smallest absolute Gasteiger partial charge is 0.264 e. The average molecular weight is 1250 g/mol. The first kappa shape index (κ1) is 58.0. The molecule has 2 unspecified atom stereocenters. The van der Waals surface area contributed by atoms with Gasteiger partial charge < -0.3 is 37.1 Å². The van der Waals surface area contributed by atoms with Crippen molar-refractivity contribution >= 4 is 62.8 Å². The molecule has 4 aliphatic heterocycles. The van der Waals surface area contributed by atoms with Gasteiger partial charge in [-0.2, -0.15) is 5.70 Å². The molecule has 4 amide bonds. The van der Waals surface area contributed by atoms with E-state index >= 15 is 0 Å². The zero-order chi connectivity index (χ0) is 51.7. The van der Waals surface area contributed by atoms with Gasteiger partial charge in [0.05, 0.1) is 28.6 Å². The minimum absolute atomic E-state index is 0. The van der Waals surface area contributed by atoms with Crippen molar-refractivity contribution in [3.05, 3.63) is 137 Å². The number of thioether (sulfide) groups is 1. The molecule has 0 spiro atoms. The van der Waals surface area contributed by atoms with Crippen LogP contribution in [0.15, 0.2) is 113 Å². The number of aromatic nitrogens is 2. The van der Waals surface area contributed by atoms with Crippen LogP contribution in [0.4, 0.5) is 5.69 Å². The molecule has 14 nitrogen and oxygen atoms in total. The van der Waals surface area contributed by atoms with E-state index in [0.717, 1.165) is 119 Å². The first-order valence-electron chi connectivity index (χ1n) is 26.3. The van der Waals surface area contributed by atoms with Gasteiger partial charge in [-0.15, -0.1) is 0 Å². The molecular weight excluding hydrogens is 1170 g/mol. The number of hydrogen-bond donors (Lipinski definition) is 3. The fraction of sp³-hybridized carbons (Fsp3) is 0.448. The molecule has 5 heterocycles. The number of nitrogens with zero attached hydrogens (tertiary/aromatic N) is 5. The van der Waals surface area contributed by atoms with Crippen molar-refractivity contribution in [3.8, 4) is 0 Å². The molecule has 3 N–H and O–H groups in total. The normalized spacial score (nSPS) is 17.1. The fourth-order valence-corrected chi connectivity index (χ4v) is 10.8. The van der Waals surface area contributed by atoms with Crippen molar-refractivity contribution in [3.63, 3.8) is 0 Å². The third-order valence-electron chi connectivity index (χ3n) is 13.9. The summed E-state index contributed by atoms with van der Waals surface area (Å²) in [4.78, 5) is 76.0. The second kappa shape index (κ2) is 29.2. The maximum absolute atomic E-state index is 13.5. The molecule has 0 radical (unpaired) electrons. The summed E-state index contributed by atoms with van der Waals surface area (Å²) in [5, 5.41) is 12.0. The number of piperidine rings is 2. The number of fused-ring (bicyclic) bond motifs is 3. The number of anilines is 1. The fourth-order valence-electron chi connectivity index (χ4n) is 9.56. The molecule has 4 aliphatic rings. The number of nitrogens with one attached hydrogen (secondary N) is 3. The van der Waals surface area contributed by atoms with E-state index < -0.39 is 29.0 Å². The van der Waals surface area contributed by atoms with Gasteiger partial charge in [0, 0.05) is 95.3 Å². The second-order valence-electron chi connectivity index (χ2n) is 19.0. The van der Waals surface area contributed by atoms with Crippen molar-refractivity contribution in [1.82, 2.24) is 34.9 Å². The van der Waals surface area contributed by atoms with E-state index in [-0.39, 0.29) is 48.6 Å². The monoisotopic (exact) mass is 1250 g/mol. The van der Waals surface area contributed by atoms with Crippen LogP contribution in [-0.2, 0) is 20.9 Å². The van der Waals surface area contributed by atoms with E-state index in [1.54, 1.807) is 22.9 Å². The van der Waals surface area contributed by atoms with Gasteiger partial charge >= 0.3 is 0 Å². The van der Waals surface area contributed by atoms with Crippen LogP contribution in [0.3, 0.4) is 0 Å². The molecule has 2 atom stereocenters. The van der Waals surface area contributed by atoms with E-state index in [9.17, 15) is 24.0 Å². The van der Waals surface area contributed by atoms with Crippen molar-refractivity contribution in [2.45, 2.75) is 120 Å². The predicted molar refractivity (Wildman–Crippen MR) is 292 cm³/mol. The summed E-state index contributed by atoms with van der Waals surface area (Å²) in [5.41, 5.74) is 3.27. The molecule has 5 aromatic rings. The zero-order valence-electron chi connectivity index (χ0n) is 43.4. The van der Waals surface area contributed by atoms with Crippen LogP contribution in [0.2, 0.25) is 0 Å². The maximum Gasteiger partial charge on any atom is 0.264 e. The SMILES string of the molecule is CCCC.CCn1c(SC(C(=O)N2CCCC2)c2ccccc2)nc2cc3ccccc3cc2c1=O.[CH-]=C1CCC(N2C(=O)c3cccc(NC4CCN(CCOCCCCCNC=C)CC4)c3C2=O)C(=O)N1.[U]. The number of carbonyl (C=O) groups is 4. The molecule has 3 saturated heterocycles. The molecule has 1 aromatic heterocycles. The second-order valence-corrected chi connectivity index (χ2v) is 20.0. The molecule has 74 heavy (non-hydrogen) atoms. The standard InChI is InChI=1S/C28H38N5O4.C26H25N3O2S.C4H10.U/c1-3-29-14-5-4-6-18-37-19-17-32-15-12-21(13-16-32)31-23-9-7-8-22-25(23)28(36)33(27(22)35)24-11-10-20(2)30-26(24)34;1-2-29-24(30)21-16-19-12-6-7-13-20(19)17-22(21)27-26(29)32-23(18-10-4-3-5-11-18)25(31)28-14-8-9-15-28;1-3-4-2;/h2-3,7-9,21,24,29,31H,1,4-6,10-19H2,(H,30,34);3-7,10-13,16-17,23H,2,8-9,14-15H2,1H3;3-4H2,1-2H3;/q-1;;;. The first-order valence-corrected chi connectivity index (χ1v) is 27.2. The maximum atomic E-state index is 13.5. The van der Waals surface area contributed by atoms with Gasteiger partial charge in [0.1, 0.15) is 11.3 Å². The Labute approximate surface area is 464 Å². The predicted octanol–water partition coefficient (Wildman–Crippen LogP) is 9.51. The third-order valence-corrected chi connectivity index (χ3v) is 15.1. The van der Waals surface area contributed by atoms with E-state index in [4.69, 9.17) is 16.3 Å². The van der Waals surface area contributed by atoms with E-state index in [0.29, 0.717) is 58.0 Å². The van der Waals surface area contributed by atoms with Crippen molar-refractivity contribution in [1.29, 1.82) is 0 Å². The number of benzene rings is 4. The van der Waals surface area contributed by atoms with Crippen molar-refractivity contribution < 1.29 is 55.0 Å². The van der Waals surface area contributed by atoms with Gasteiger partial charge in [-0.1, -0.05) is 106 Å². The number of likely N-dealkylation sites (tertiary alicyclic amines) is 2. The number of hydrogen-bond acceptors (Lipinski definition) is 11. The Morgan fingerprint density at radius 1 is 0.865 bits per heavy atom. The summed E-state index contributed by atoms with van der Waals surface area (Å²) in [7, 11) is 0. The number of imide groups is 1. The zero-order valence-corrected chi connectivity index (χ0v) is 48.4. The number of rotatable bonds is 19. The molecule has 392 valence electrons. The molecule has 0 aliphatic carbocycles. The Kier molecular flexibility index (Phi) is 22.9. The van der Waals surface area contributed by atoms with Crippen LogP contribution >= 0.6 is 11.8 Å². The van der Waals surface area contributed by atoms with Gasteiger partial charge in [-0.25, -0.2) is 4.98 Å². The quantitative estimate of drug-likeness (QED) is 0.0181. The van der Waals surface area contributed by atoms with Crippen LogP contribution in [0.1, 0.15) is 123 Å². The van der Waals surface area contributed by atoms with E-state index in [2.05, 4.69) is 41.3 Å². The Hall–Kier alpha value is -5.24. The Bertz CT molecular complexity index is 2770. The summed E-state index contributed by atoms with van der Waals surface area (Å²) in [6.45, 7) is 23.0. The molecule has 16 heteroatoms. The van der Waals surface area contributed by atoms with Crippen molar-refractivity contribution in [2.24, 2.45) is 0 Å². The molecule has 0 saturated carbocycles. The van der Waals surface area contributed by atoms with Gasteiger partial charge in [0.25, 0.3) is 17.4 Å². The summed E-state index contributed by atoms with van der Waals surface area (Å²) in [6.07, 6.45) is 12.4. The van der Waals surface area contributed by atoms with Crippen LogP contribution in [-0.4, -0.2) is 112 Å². The van der Waals surface area contributed by atoms with Crippen LogP contribution in [0.25, 0.3) is 21.7 Å². The average Bonchev–Trinajstić information content (AvgIpc) is 4.04. The number of allylic oxidation sites excluding steroid dienone is 1. The molecule has 4 aromatic carbocycles. The van der Waals surface area contributed by atoms with Gasteiger partial charge in [0.15, 0.2) is 5.16 Å². The summed E-state index contributed by atoms with van der Waals surface area (Å²) >= 11 is 1.38. The molecule has 0 bridgehead atoms. The summed E-state index contributed by atoms with van der Waals surface area (Å²) < 4.78 is 7.49. The van der Waals surface area contributed by atoms with Gasteiger partial charge in [0.2, 0.25) is 11.8 Å². The summed E-state index contributed by atoms with van der Waals surface area (Å²) in [6, 6.07) is 26.3. The molecule has 9 rings (SSSR count). The number of unbranched alkanes of at least 4 members (excludes halogenated alkanes) is 3. The molecular formula is C58H73N8O6SU-. The first-order chi connectivity index (χ1) is 35.6. The van der Waals surface area contributed by atoms with Crippen LogP contribution < -0.4 is 21.5 Å². The van der Waals surface area contributed by atoms with Crippen LogP contribution in [0.5, 0.6) is 0 Å². The summed E-state index contributed by atoms with van der Waals surface area (Å²) in [5.74, 6) is -1.16. The van der Waals surface area contributed by atoms with Gasteiger partial charge in [-0.3, -0.25) is 33.4 Å². The largest absolute Gasteiger partial charge is 0.493 e. The van der Waals surface area contributed by atoms with E-state index in [1.165, 1.54) is 24.6 Å². The minimum atomic E-state index is -0.840. The molecule has 3 fully saturated rings.